The first-order chi connectivity index (χ1) is 5.75. The lowest BCUT2D eigenvalue weighted by Crippen LogP contribution is -2.36. The van der Waals surface area contributed by atoms with Gasteiger partial charge in [-0.15, -0.1) is 0 Å². The smallest absolute Gasteiger partial charge is 0.222 e. The van der Waals surface area contributed by atoms with Gasteiger partial charge < -0.3 is 11.5 Å². The van der Waals surface area contributed by atoms with Crippen molar-refractivity contribution < 1.29 is 4.79 Å². The Labute approximate surface area is 72.8 Å². The van der Waals surface area contributed by atoms with Crippen LogP contribution in [0.2, 0.25) is 0 Å². The number of nitrogens with two attached hydrogens (primary N) is 2. The molecule has 0 aromatic carbocycles. The van der Waals surface area contributed by atoms with Crippen LogP contribution in [-0.2, 0) is 4.79 Å². The molecule has 1 amide bonds. The Morgan fingerprint density at radius 2 is 2.33 bits per heavy atom. The molecule has 0 aromatic heterocycles. The van der Waals surface area contributed by atoms with E-state index in [4.69, 9.17) is 11.5 Å². The van der Waals surface area contributed by atoms with E-state index in [1.54, 1.807) is 0 Å². The summed E-state index contributed by atoms with van der Waals surface area (Å²) >= 11 is 0. The number of amides is 1. The van der Waals surface area contributed by atoms with Gasteiger partial charge in [0.25, 0.3) is 0 Å². The fraction of sp³-hybridized carbons (Fsp3) is 0.667. The first-order valence-corrected chi connectivity index (χ1v) is 4.40. The minimum Gasteiger partial charge on any atom is -0.369 e. The number of allylic oxidation sites excluding steroid dienone is 2. The molecule has 1 rings (SSSR count). The summed E-state index contributed by atoms with van der Waals surface area (Å²) < 4.78 is 0. The molecule has 0 saturated carbocycles. The molecule has 2 unspecified atom stereocenters. The lowest BCUT2D eigenvalue weighted by Gasteiger charge is -2.24. The molecule has 1 aliphatic rings. The summed E-state index contributed by atoms with van der Waals surface area (Å²) in [6, 6.07) is 0. The molecular weight excluding hydrogens is 152 g/mol. The predicted octanol–water partition coefficient (Wildman–Crippen LogP) is 0.403. The average molecular weight is 168 g/mol. The molecule has 0 bridgehead atoms. The first kappa shape index (κ1) is 9.26. The molecule has 0 fully saturated rings. The minimum atomic E-state index is -0.252. The van der Waals surface area contributed by atoms with Crippen LogP contribution in [0.1, 0.15) is 19.3 Å². The second-order valence-electron chi connectivity index (χ2n) is 3.29. The van der Waals surface area contributed by atoms with E-state index in [0.29, 0.717) is 12.5 Å². The Morgan fingerprint density at radius 3 is 2.75 bits per heavy atom. The zero-order valence-electron chi connectivity index (χ0n) is 7.20. The predicted molar refractivity (Wildman–Crippen MR) is 48.2 cm³/mol. The van der Waals surface area contributed by atoms with Crippen LogP contribution in [0.3, 0.4) is 0 Å². The van der Waals surface area contributed by atoms with Crippen LogP contribution in [0.5, 0.6) is 0 Å². The second kappa shape index (κ2) is 4.26. The molecule has 0 spiro atoms. The molecule has 3 nitrogen and oxygen atoms in total. The fourth-order valence-electron chi connectivity index (χ4n) is 1.72. The van der Waals surface area contributed by atoms with Gasteiger partial charge in [-0.2, -0.15) is 0 Å². The van der Waals surface area contributed by atoms with E-state index in [2.05, 4.69) is 12.2 Å². The third-order valence-electron chi connectivity index (χ3n) is 2.50. The lowest BCUT2D eigenvalue weighted by molar-refractivity contribution is -0.123. The van der Waals surface area contributed by atoms with Crippen molar-refractivity contribution in [3.63, 3.8) is 0 Å². The van der Waals surface area contributed by atoms with Crippen molar-refractivity contribution in [3.8, 4) is 0 Å². The molecule has 0 aromatic rings. The highest BCUT2D eigenvalue weighted by atomic mass is 16.1. The van der Waals surface area contributed by atoms with Gasteiger partial charge in [0, 0.05) is 6.54 Å². The Hall–Kier alpha value is -0.830. The third kappa shape index (κ3) is 2.08. The Bertz CT molecular complexity index is 189. The highest BCUT2D eigenvalue weighted by molar-refractivity contribution is 5.77. The SMILES string of the molecule is NCC(C(N)=O)C1CC=CCC1. The van der Waals surface area contributed by atoms with Crippen LogP contribution in [-0.4, -0.2) is 12.5 Å². The summed E-state index contributed by atoms with van der Waals surface area (Å²) in [5, 5.41) is 0. The molecule has 0 radical (unpaired) electrons. The highest BCUT2D eigenvalue weighted by Gasteiger charge is 2.24. The average Bonchev–Trinajstić information content (AvgIpc) is 2.07. The van der Waals surface area contributed by atoms with Gasteiger partial charge in [0.2, 0.25) is 5.91 Å². The van der Waals surface area contributed by atoms with Gasteiger partial charge in [-0.25, -0.2) is 0 Å². The van der Waals surface area contributed by atoms with Gasteiger partial charge in [0.1, 0.15) is 0 Å². The quantitative estimate of drug-likeness (QED) is 0.599. The van der Waals surface area contributed by atoms with Crippen molar-refractivity contribution in [1.82, 2.24) is 0 Å². The van der Waals surface area contributed by atoms with Crippen LogP contribution < -0.4 is 11.5 Å². The van der Waals surface area contributed by atoms with E-state index >= 15 is 0 Å². The van der Waals surface area contributed by atoms with Crippen LogP contribution in [0.15, 0.2) is 12.2 Å². The number of hydrogen-bond donors (Lipinski definition) is 2. The van der Waals surface area contributed by atoms with Gasteiger partial charge >= 0.3 is 0 Å². The Morgan fingerprint density at radius 1 is 1.58 bits per heavy atom. The van der Waals surface area contributed by atoms with Crippen molar-refractivity contribution in [2.45, 2.75) is 19.3 Å². The standard InChI is InChI=1S/C9H16N2O/c10-6-8(9(11)12)7-4-2-1-3-5-7/h1-2,7-8H,3-6,10H2,(H2,11,12). The summed E-state index contributed by atoms with van der Waals surface area (Å²) in [6.45, 7) is 0.383. The van der Waals surface area contributed by atoms with E-state index in [1.807, 2.05) is 0 Å². The molecule has 68 valence electrons. The molecule has 0 heterocycles. The monoisotopic (exact) mass is 168 g/mol. The normalized spacial score (nSPS) is 25.2. The van der Waals surface area contributed by atoms with Gasteiger partial charge in [0.15, 0.2) is 0 Å². The Balaban J connectivity index is 2.53. The van der Waals surface area contributed by atoms with Crippen LogP contribution in [0, 0.1) is 11.8 Å². The number of carbonyl (C=O) groups is 1. The molecule has 12 heavy (non-hydrogen) atoms. The van der Waals surface area contributed by atoms with E-state index < -0.39 is 0 Å². The van der Waals surface area contributed by atoms with Crippen molar-refractivity contribution in [2.75, 3.05) is 6.54 Å². The van der Waals surface area contributed by atoms with E-state index in [-0.39, 0.29) is 11.8 Å². The lowest BCUT2D eigenvalue weighted by atomic mass is 9.82. The first-order valence-electron chi connectivity index (χ1n) is 4.40. The summed E-state index contributed by atoms with van der Waals surface area (Å²) in [5.74, 6) is -0.00903. The molecule has 3 heteroatoms. The van der Waals surface area contributed by atoms with Crippen LogP contribution in [0.25, 0.3) is 0 Å². The fourth-order valence-corrected chi connectivity index (χ4v) is 1.72. The zero-order chi connectivity index (χ0) is 8.97. The van der Waals surface area contributed by atoms with Crippen LogP contribution in [0.4, 0.5) is 0 Å². The second-order valence-corrected chi connectivity index (χ2v) is 3.29. The van der Waals surface area contributed by atoms with Crippen LogP contribution >= 0.6 is 0 Å². The van der Waals surface area contributed by atoms with Gasteiger partial charge in [-0.1, -0.05) is 12.2 Å². The Kier molecular flexibility index (Phi) is 3.29. The summed E-state index contributed by atoms with van der Waals surface area (Å²) in [4.78, 5) is 10.9. The van der Waals surface area contributed by atoms with Crippen molar-refractivity contribution in [2.24, 2.45) is 23.3 Å². The summed E-state index contributed by atoms with van der Waals surface area (Å²) in [7, 11) is 0. The van der Waals surface area contributed by atoms with Crippen molar-refractivity contribution in [3.05, 3.63) is 12.2 Å². The zero-order valence-corrected chi connectivity index (χ0v) is 7.20. The van der Waals surface area contributed by atoms with E-state index in [9.17, 15) is 4.79 Å². The third-order valence-corrected chi connectivity index (χ3v) is 2.50. The van der Waals surface area contributed by atoms with Gasteiger partial charge in [0.05, 0.1) is 5.92 Å². The number of primary amides is 1. The number of rotatable bonds is 3. The maximum atomic E-state index is 10.9. The van der Waals surface area contributed by atoms with E-state index in [1.165, 1.54) is 0 Å². The molecule has 2 atom stereocenters. The number of carbonyl (C=O) groups excluding carboxylic acids is 1. The van der Waals surface area contributed by atoms with Gasteiger partial charge in [-0.3, -0.25) is 4.79 Å². The molecule has 0 saturated heterocycles. The number of hydrogen-bond acceptors (Lipinski definition) is 2. The maximum absolute atomic E-state index is 10.9. The molecule has 0 aliphatic heterocycles. The molecular formula is C9H16N2O. The van der Waals surface area contributed by atoms with E-state index in [0.717, 1.165) is 19.3 Å². The largest absolute Gasteiger partial charge is 0.369 e. The maximum Gasteiger partial charge on any atom is 0.222 e. The van der Waals surface area contributed by atoms with Crippen molar-refractivity contribution in [1.29, 1.82) is 0 Å². The molecule has 1 aliphatic carbocycles. The highest BCUT2D eigenvalue weighted by Crippen LogP contribution is 2.25. The summed E-state index contributed by atoms with van der Waals surface area (Å²) in [5.41, 5.74) is 10.7. The topological polar surface area (TPSA) is 69.1 Å². The minimum absolute atomic E-state index is 0.130. The van der Waals surface area contributed by atoms with Crippen molar-refractivity contribution >= 4 is 5.91 Å². The van der Waals surface area contributed by atoms with Gasteiger partial charge in [-0.05, 0) is 25.2 Å². The summed E-state index contributed by atoms with van der Waals surface area (Å²) in [6.07, 6.45) is 7.30. The molecule has 4 N–H and O–H groups in total.